The molecule has 0 bridgehead atoms. The molecule has 0 saturated carbocycles. The SMILES string of the molecule is Cc1ccc(-n2c3c4sc(-c5ccc6cc(C)ccc6c5)cc4sc3c3sc4c(sc5c6sc7cc(-c8ccc9cc(C)ccc9c8)sc7c6n(-c6ccc(C)cc6)c54)c32)cc1. The molecular weight excluding hydrogens is 869 g/mol. The summed E-state index contributed by atoms with van der Waals surface area (Å²) in [5.74, 6) is 0. The number of benzene rings is 6. The van der Waals surface area contributed by atoms with Gasteiger partial charge < -0.3 is 9.13 Å². The summed E-state index contributed by atoms with van der Waals surface area (Å²) in [5, 5.41) is 5.18. The van der Waals surface area contributed by atoms with Crippen molar-refractivity contribution in [2.75, 3.05) is 0 Å². The Hall–Kier alpha value is -5.58. The first-order valence-corrected chi connectivity index (χ1v) is 25.7. The third-order valence-corrected chi connectivity index (χ3v) is 20.3. The molecule has 14 rings (SSSR count). The minimum Gasteiger partial charge on any atom is -0.305 e. The van der Waals surface area contributed by atoms with E-state index in [1.54, 1.807) is 0 Å². The van der Waals surface area contributed by atoms with Crippen molar-refractivity contribution in [3.8, 4) is 32.3 Å². The standard InChI is InChI=1S/C54H34N2S6/c1-27-7-17-37(18-8-27)55-43-47-41(25-39(57-47)35-15-13-31-21-29(3)5-11-33(31)23-35)59-49(43)51-45(55)53-54(61-51)46-52(62-53)50-44(56(46)38-19-9-28(2)10-20-38)48-42(60-50)26-40(58-48)36-16-14-32-22-30(4)6-12-34(32)24-36/h5-26H,1-4H3. The van der Waals surface area contributed by atoms with E-state index in [4.69, 9.17) is 0 Å². The second kappa shape index (κ2) is 13.0. The summed E-state index contributed by atoms with van der Waals surface area (Å²) in [4.78, 5) is 2.65. The number of hydrogen-bond donors (Lipinski definition) is 0. The van der Waals surface area contributed by atoms with Crippen molar-refractivity contribution >= 4 is 159 Å². The summed E-state index contributed by atoms with van der Waals surface area (Å²) in [5.41, 5.74) is 15.6. The Morgan fingerprint density at radius 2 is 0.629 bits per heavy atom. The molecule has 8 heteroatoms. The van der Waals surface area contributed by atoms with E-state index < -0.39 is 0 Å². The van der Waals surface area contributed by atoms with Crippen LogP contribution in [0.2, 0.25) is 0 Å². The summed E-state index contributed by atoms with van der Waals surface area (Å²) in [6.07, 6.45) is 0. The first kappa shape index (κ1) is 36.0. The number of aryl methyl sites for hydroxylation is 4. The number of thiophene rings is 6. The summed E-state index contributed by atoms with van der Waals surface area (Å²) in [7, 11) is 0. The zero-order valence-corrected chi connectivity index (χ0v) is 38.9. The van der Waals surface area contributed by atoms with Crippen molar-refractivity contribution in [2.45, 2.75) is 27.7 Å². The smallest absolute Gasteiger partial charge is 0.0838 e. The van der Waals surface area contributed by atoms with Crippen LogP contribution in [0, 0.1) is 27.7 Å². The summed E-state index contributed by atoms with van der Waals surface area (Å²) in [6.45, 7) is 8.71. The number of hydrogen-bond acceptors (Lipinski definition) is 6. The molecule has 8 heterocycles. The molecule has 296 valence electrons. The predicted octanol–water partition coefficient (Wildman–Crippen LogP) is 18.6. The fraction of sp³-hybridized carbons (Fsp3) is 0.0741. The lowest BCUT2D eigenvalue weighted by Crippen LogP contribution is -1.93. The molecule has 14 aromatic rings. The monoisotopic (exact) mass is 902 g/mol. The number of nitrogens with zero attached hydrogens (tertiary/aromatic N) is 2. The van der Waals surface area contributed by atoms with Crippen LogP contribution < -0.4 is 0 Å². The van der Waals surface area contributed by atoms with Crippen molar-refractivity contribution in [3.63, 3.8) is 0 Å². The first-order valence-electron chi connectivity index (χ1n) is 20.8. The van der Waals surface area contributed by atoms with Gasteiger partial charge in [-0.3, -0.25) is 0 Å². The van der Waals surface area contributed by atoms with Gasteiger partial charge in [-0.25, -0.2) is 0 Å². The highest BCUT2D eigenvalue weighted by molar-refractivity contribution is 7.42. The second-order valence-electron chi connectivity index (χ2n) is 16.9. The van der Waals surface area contributed by atoms with E-state index in [2.05, 4.69) is 170 Å². The van der Waals surface area contributed by atoms with E-state index >= 15 is 0 Å². The molecule has 0 atom stereocenters. The van der Waals surface area contributed by atoms with Crippen molar-refractivity contribution < 1.29 is 0 Å². The molecule has 0 aliphatic carbocycles. The van der Waals surface area contributed by atoms with Crippen LogP contribution in [0.1, 0.15) is 22.3 Å². The molecule has 0 aliphatic heterocycles. The largest absolute Gasteiger partial charge is 0.305 e. The van der Waals surface area contributed by atoms with Crippen LogP contribution in [-0.2, 0) is 0 Å². The van der Waals surface area contributed by atoms with E-state index in [9.17, 15) is 0 Å². The van der Waals surface area contributed by atoms with Gasteiger partial charge in [0.15, 0.2) is 0 Å². The average Bonchev–Trinajstić information content (AvgIpc) is 4.14. The van der Waals surface area contributed by atoms with Gasteiger partial charge in [0.2, 0.25) is 0 Å². The fourth-order valence-electron chi connectivity index (χ4n) is 9.54. The van der Waals surface area contributed by atoms with Gasteiger partial charge in [-0.2, -0.15) is 0 Å². The van der Waals surface area contributed by atoms with Crippen molar-refractivity contribution in [1.82, 2.24) is 9.13 Å². The molecule has 0 saturated heterocycles. The first-order chi connectivity index (χ1) is 30.3. The van der Waals surface area contributed by atoms with Crippen molar-refractivity contribution in [3.05, 3.63) is 156 Å². The van der Waals surface area contributed by atoms with Crippen molar-refractivity contribution in [1.29, 1.82) is 0 Å². The Kier molecular flexibility index (Phi) is 7.53. The van der Waals surface area contributed by atoms with Crippen LogP contribution in [0.4, 0.5) is 0 Å². The van der Waals surface area contributed by atoms with Gasteiger partial charge in [0.1, 0.15) is 0 Å². The van der Waals surface area contributed by atoms with E-state index in [0.717, 1.165) is 0 Å². The topological polar surface area (TPSA) is 9.86 Å². The van der Waals surface area contributed by atoms with Crippen LogP contribution in [0.5, 0.6) is 0 Å². The zero-order chi connectivity index (χ0) is 41.1. The van der Waals surface area contributed by atoms with Crippen LogP contribution in [0.15, 0.2) is 133 Å². The van der Waals surface area contributed by atoms with E-state index in [1.165, 1.54) is 145 Å². The average molecular weight is 903 g/mol. The molecule has 0 amide bonds. The maximum Gasteiger partial charge on any atom is 0.0838 e. The van der Waals surface area contributed by atoms with Crippen LogP contribution in [0.3, 0.4) is 0 Å². The Morgan fingerprint density at radius 1 is 0.290 bits per heavy atom. The number of aromatic nitrogens is 2. The highest BCUT2D eigenvalue weighted by Gasteiger charge is 2.30. The Morgan fingerprint density at radius 3 is 1.05 bits per heavy atom. The van der Waals surface area contributed by atoms with Crippen LogP contribution in [-0.4, -0.2) is 9.13 Å². The molecule has 0 fully saturated rings. The quantitative estimate of drug-likeness (QED) is 0.167. The molecule has 62 heavy (non-hydrogen) atoms. The Balaban J connectivity index is 1.02. The minimum absolute atomic E-state index is 1.23. The summed E-state index contributed by atoms with van der Waals surface area (Å²) >= 11 is 11.8. The fourth-order valence-corrected chi connectivity index (χ4v) is 17.8. The molecule has 0 N–H and O–H groups in total. The maximum atomic E-state index is 2.61. The molecule has 2 nitrogen and oxygen atoms in total. The highest BCUT2D eigenvalue weighted by Crippen LogP contribution is 2.57. The molecule has 0 unspecified atom stereocenters. The third kappa shape index (κ3) is 5.10. The minimum atomic E-state index is 1.23. The summed E-state index contributed by atoms with van der Waals surface area (Å²) in [6, 6.07) is 50.6. The number of rotatable bonds is 4. The van der Waals surface area contributed by atoms with Gasteiger partial charge >= 0.3 is 0 Å². The van der Waals surface area contributed by atoms with E-state index in [0.29, 0.717) is 0 Å². The van der Waals surface area contributed by atoms with Crippen LogP contribution >= 0.6 is 68.0 Å². The molecule has 6 aromatic carbocycles. The Labute approximate surface area is 380 Å². The highest BCUT2D eigenvalue weighted by atomic mass is 32.1. The van der Waals surface area contributed by atoms with Crippen molar-refractivity contribution in [2.24, 2.45) is 0 Å². The normalized spacial score (nSPS) is 12.5. The lowest BCUT2D eigenvalue weighted by Gasteiger charge is -2.08. The van der Waals surface area contributed by atoms with E-state index in [1.807, 2.05) is 68.0 Å². The molecule has 0 spiro atoms. The maximum absolute atomic E-state index is 2.61. The van der Waals surface area contributed by atoms with Crippen LogP contribution in [0.25, 0.3) is 123 Å². The number of fused-ring (bicyclic) bond motifs is 15. The van der Waals surface area contributed by atoms with Gasteiger partial charge in [0, 0.05) is 30.5 Å². The Bertz CT molecular complexity index is 3910. The third-order valence-electron chi connectivity index (χ3n) is 12.6. The molecule has 0 aliphatic rings. The molecular formula is C54H34N2S6. The molecule has 8 aromatic heterocycles. The van der Waals surface area contributed by atoms with Gasteiger partial charge in [0.05, 0.1) is 59.7 Å². The molecule has 0 radical (unpaired) electrons. The van der Waals surface area contributed by atoms with Gasteiger partial charge in [-0.1, -0.05) is 107 Å². The lowest BCUT2D eigenvalue weighted by atomic mass is 10.0. The van der Waals surface area contributed by atoms with Gasteiger partial charge in [-0.05, 0) is 109 Å². The predicted molar refractivity (Wildman–Crippen MR) is 280 cm³/mol. The van der Waals surface area contributed by atoms with Gasteiger partial charge in [-0.15, -0.1) is 68.0 Å². The second-order valence-corrected chi connectivity index (χ2v) is 23.1. The zero-order valence-electron chi connectivity index (χ0n) is 34.0. The van der Waals surface area contributed by atoms with Gasteiger partial charge in [0.25, 0.3) is 0 Å². The summed E-state index contributed by atoms with van der Waals surface area (Å²) < 4.78 is 19.1. The van der Waals surface area contributed by atoms with E-state index in [-0.39, 0.29) is 0 Å². The lowest BCUT2D eigenvalue weighted by molar-refractivity contribution is 1.19.